The summed E-state index contributed by atoms with van der Waals surface area (Å²) < 4.78 is 0. The van der Waals surface area contributed by atoms with Gasteiger partial charge in [0.1, 0.15) is 0 Å². The van der Waals surface area contributed by atoms with E-state index < -0.39 is 0 Å². The van der Waals surface area contributed by atoms with Crippen LogP contribution in [0.1, 0.15) is 16.8 Å². The second-order valence-corrected chi connectivity index (χ2v) is 8.19. The maximum absolute atomic E-state index is 12.5. The van der Waals surface area contributed by atoms with Gasteiger partial charge in [0, 0.05) is 53.8 Å². The standard InChI is InChI=1S/C20H20Cl2N2O2S/c21-16-5-3-4-15(14-16)20(26)24-11-9-23(10-12-24)19(25)8-13-27-18-7-2-1-6-17(18)22/h1-7,14H,8-13H2. The molecule has 142 valence electrons. The zero-order chi connectivity index (χ0) is 19.2. The molecule has 0 aromatic heterocycles. The molecule has 0 saturated carbocycles. The SMILES string of the molecule is O=C(CCSc1ccccc1Cl)N1CCN(C(=O)c2cccc(Cl)c2)CC1. The Balaban J connectivity index is 1.45. The summed E-state index contributed by atoms with van der Waals surface area (Å²) in [7, 11) is 0. The number of carbonyl (C=O) groups is 2. The highest BCUT2D eigenvalue weighted by Crippen LogP contribution is 2.27. The fourth-order valence-electron chi connectivity index (χ4n) is 2.93. The van der Waals surface area contributed by atoms with Crippen LogP contribution < -0.4 is 0 Å². The van der Waals surface area contributed by atoms with Gasteiger partial charge in [0.15, 0.2) is 0 Å². The fraction of sp³-hybridized carbons (Fsp3) is 0.300. The van der Waals surface area contributed by atoms with Crippen molar-refractivity contribution < 1.29 is 9.59 Å². The fourth-order valence-corrected chi connectivity index (χ4v) is 4.30. The van der Waals surface area contributed by atoms with Crippen molar-refractivity contribution in [3.63, 3.8) is 0 Å². The van der Waals surface area contributed by atoms with Gasteiger partial charge in [-0.25, -0.2) is 0 Å². The maximum Gasteiger partial charge on any atom is 0.254 e. The summed E-state index contributed by atoms with van der Waals surface area (Å²) in [5, 5.41) is 1.26. The summed E-state index contributed by atoms with van der Waals surface area (Å²) in [6, 6.07) is 14.6. The lowest BCUT2D eigenvalue weighted by atomic mass is 10.2. The molecular weight excluding hydrogens is 403 g/mol. The molecule has 2 aromatic rings. The Morgan fingerprint density at radius 2 is 1.63 bits per heavy atom. The maximum atomic E-state index is 12.5. The Hall–Kier alpha value is -1.69. The lowest BCUT2D eigenvalue weighted by Gasteiger charge is -2.35. The molecule has 0 radical (unpaired) electrons. The molecule has 2 aromatic carbocycles. The molecular formula is C20H20Cl2N2O2S. The van der Waals surface area contributed by atoms with E-state index in [1.54, 1.807) is 40.9 Å². The zero-order valence-corrected chi connectivity index (χ0v) is 17.1. The lowest BCUT2D eigenvalue weighted by Crippen LogP contribution is -2.50. The van der Waals surface area contributed by atoms with Crippen molar-refractivity contribution in [1.29, 1.82) is 0 Å². The molecule has 0 aliphatic carbocycles. The van der Waals surface area contributed by atoms with Crippen LogP contribution in [0.2, 0.25) is 10.0 Å². The first-order chi connectivity index (χ1) is 13.0. The highest BCUT2D eigenvalue weighted by atomic mass is 35.5. The number of rotatable bonds is 5. The molecule has 0 unspecified atom stereocenters. The quantitative estimate of drug-likeness (QED) is 0.667. The van der Waals surface area contributed by atoms with E-state index >= 15 is 0 Å². The summed E-state index contributed by atoms with van der Waals surface area (Å²) in [4.78, 5) is 29.6. The number of nitrogens with zero attached hydrogens (tertiary/aromatic N) is 2. The van der Waals surface area contributed by atoms with Crippen LogP contribution in [0.4, 0.5) is 0 Å². The number of thioether (sulfide) groups is 1. The zero-order valence-electron chi connectivity index (χ0n) is 14.7. The minimum absolute atomic E-state index is 0.0427. The van der Waals surface area contributed by atoms with Crippen molar-refractivity contribution in [3.8, 4) is 0 Å². The number of halogens is 2. The Morgan fingerprint density at radius 1 is 0.926 bits per heavy atom. The average Bonchev–Trinajstić information content (AvgIpc) is 2.69. The minimum Gasteiger partial charge on any atom is -0.339 e. The Morgan fingerprint density at radius 3 is 2.33 bits per heavy atom. The second kappa shape index (κ2) is 9.49. The number of hydrogen-bond donors (Lipinski definition) is 0. The Bertz CT molecular complexity index is 823. The summed E-state index contributed by atoms with van der Waals surface area (Å²) in [5.74, 6) is 0.757. The van der Waals surface area contributed by atoms with E-state index in [1.807, 2.05) is 29.2 Å². The van der Waals surface area contributed by atoms with Gasteiger partial charge in [-0.15, -0.1) is 11.8 Å². The predicted molar refractivity (Wildman–Crippen MR) is 111 cm³/mol. The normalized spacial score (nSPS) is 14.3. The summed E-state index contributed by atoms with van der Waals surface area (Å²) in [6.45, 7) is 2.19. The van der Waals surface area contributed by atoms with E-state index in [0.717, 1.165) is 4.90 Å². The van der Waals surface area contributed by atoms with Crippen molar-refractivity contribution in [2.75, 3.05) is 31.9 Å². The van der Waals surface area contributed by atoms with Gasteiger partial charge >= 0.3 is 0 Å². The smallest absolute Gasteiger partial charge is 0.254 e. The highest BCUT2D eigenvalue weighted by molar-refractivity contribution is 7.99. The molecule has 1 aliphatic heterocycles. The topological polar surface area (TPSA) is 40.6 Å². The molecule has 1 aliphatic rings. The van der Waals surface area contributed by atoms with Crippen LogP contribution in [0.25, 0.3) is 0 Å². The summed E-state index contributed by atoms with van der Waals surface area (Å²) in [6.07, 6.45) is 0.456. The van der Waals surface area contributed by atoms with Crippen molar-refractivity contribution >= 4 is 46.8 Å². The van der Waals surface area contributed by atoms with Crippen LogP contribution in [-0.2, 0) is 4.79 Å². The molecule has 2 amide bonds. The van der Waals surface area contributed by atoms with Crippen LogP contribution in [0.15, 0.2) is 53.4 Å². The number of carbonyl (C=O) groups excluding carboxylic acids is 2. The Labute approximate surface area is 173 Å². The van der Waals surface area contributed by atoms with Crippen molar-refractivity contribution in [2.24, 2.45) is 0 Å². The van der Waals surface area contributed by atoms with Crippen LogP contribution >= 0.6 is 35.0 Å². The first-order valence-corrected chi connectivity index (χ1v) is 10.5. The van der Waals surface area contributed by atoms with Crippen LogP contribution in [0.5, 0.6) is 0 Å². The van der Waals surface area contributed by atoms with Crippen molar-refractivity contribution in [3.05, 3.63) is 64.1 Å². The van der Waals surface area contributed by atoms with Crippen LogP contribution in [0.3, 0.4) is 0 Å². The molecule has 0 spiro atoms. The van der Waals surface area contributed by atoms with Gasteiger partial charge in [-0.3, -0.25) is 9.59 Å². The minimum atomic E-state index is -0.0427. The van der Waals surface area contributed by atoms with E-state index in [0.29, 0.717) is 54.0 Å². The number of hydrogen-bond acceptors (Lipinski definition) is 3. The molecule has 27 heavy (non-hydrogen) atoms. The molecule has 0 N–H and O–H groups in total. The highest BCUT2D eigenvalue weighted by Gasteiger charge is 2.24. The molecule has 1 fully saturated rings. The predicted octanol–water partition coefficient (Wildman–Crippen LogP) is 4.46. The number of piperazine rings is 1. The van der Waals surface area contributed by atoms with Crippen LogP contribution in [0, 0.1) is 0 Å². The first-order valence-electron chi connectivity index (χ1n) is 8.74. The van der Waals surface area contributed by atoms with Gasteiger partial charge in [0.25, 0.3) is 5.91 Å². The molecule has 4 nitrogen and oxygen atoms in total. The van der Waals surface area contributed by atoms with Gasteiger partial charge < -0.3 is 9.80 Å². The molecule has 0 bridgehead atoms. The molecule has 3 rings (SSSR count). The largest absolute Gasteiger partial charge is 0.339 e. The van der Waals surface area contributed by atoms with Gasteiger partial charge in [-0.05, 0) is 30.3 Å². The van der Waals surface area contributed by atoms with Crippen molar-refractivity contribution in [2.45, 2.75) is 11.3 Å². The Kier molecular flexibility index (Phi) is 7.05. The third-order valence-electron chi connectivity index (χ3n) is 4.40. The first kappa shape index (κ1) is 20.1. The molecule has 1 heterocycles. The van der Waals surface area contributed by atoms with E-state index in [1.165, 1.54) is 0 Å². The van der Waals surface area contributed by atoms with Crippen molar-refractivity contribution in [1.82, 2.24) is 9.80 Å². The summed E-state index contributed by atoms with van der Waals surface area (Å²) in [5.41, 5.74) is 0.582. The van der Waals surface area contributed by atoms with Gasteiger partial charge in [0.05, 0.1) is 5.02 Å². The van der Waals surface area contributed by atoms with E-state index in [-0.39, 0.29) is 11.8 Å². The average molecular weight is 423 g/mol. The van der Waals surface area contributed by atoms with E-state index in [2.05, 4.69) is 0 Å². The number of benzene rings is 2. The molecule has 0 atom stereocenters. The van der Waals surface area contributed by atoms with E-state index in [4.69, 9.17) is 23.2 Å². The molecule has 1 saturated heterocycles. The third-order valence-corrected chi connectivity index (χ3v) is 6.15. The third kappa shape index (κ3) is 5.41. The molecule has 7 heteroatoms. The van der Waals surface area contributed by atoms with Crippen LogP contribution in [-0.4, -0.2) is 53.5 Å². The summed E-state index contributed by atoms with van der Waals surface area (Å²) >= 11 is 13.7. The lowest BCUT2D eigenvalue weighted by molar-refractivity contribution is -0.132. The number of amides is 2. The van der Waals surface area contributed by atoms with Gasteiger partial charge in [-0.1, -0.05) is 41.4 Å². The van der Waals surface area contributed by atoms with Gasteiger partial charge in [-0.2, -0.15) is 0 Å². The second-order valence-electron chi connectivity index (χ2n) is 6.21. The van der Waals surface area contributed by atoms with E-state index in [9.17, 15) is 9.59 Å². The van der Waals surface area contributed by atoms with Gasteiger partial charge in [0.2, 0.25) is 5.91 Å². The monoisotopic (exact) mass is 422 g/mol.